The lowest BCUT2D eigenvalue weighted by Crippen LogP contribution is -2.17. The van der Waals surface area contributed by atoms with E-state index in [0.717, 1.165) is 10.8 Å². The molecule has 0 saturated heterocycles. The third-order valence-corrected chi connectivity index (χ3v) is 2.42. The molecule has 1 aromatic carbocycles. The highest BCUT2D eigenvalue weighted by Crippen LogP contribution is 2.23. The molecule has 0 aliphatic rings. The van der Waals surface area contributed by atoms with Crippen LogP contribution in [-0.4, -0.2) is 21.3 Å². The van der Waals surface area contributed by atoms with Gasteiger partial charge in [0.05, 0.1) is 11.8 Å². The number of aliphatic hydroxyl groups excluding tert-OH is 2. The van der Waals surface area contributed by atoms with Crippen LogP contribution in [0, 0.1) is 11.3 Å². The Kier molecular flexibility index (Phi) is 2.82. The van der Waals surface area contributed by atoms with Crippen molar-refractivity contribution >= 4 is 10.8 Å². The highest BCUT2D eigenvalue weighted by atomic mass is 16.3. The molecule has 1 heterocycles. The molecule has 2 unspecified atom stereocenters. The fourth-order valence-corrected chi connectivity index (χ4v) is 1.60. The predicted octanol–water partition coefficient (Wildman–Crippen LogP) is 1.15. The molecule has 0 aliphatic heterocycles. The summed E-state index contributed by atoms with van der Waals surface area (Å²) in [7, 11) is 0. The van der Waals surface area contributed by atoms with Crippen LogP contribution in [-0.2, 0) is 0 Å². The summed E-state index contributed by atoms with van der Waals surface area (Å²) >= 11 is 0. The molecule has 0 aliphatic carbocycles. The molecular formula is C12H10N2O2. The van der Waals surface area contributed by atoms with Gasteiger partial charge in [-0.15, -0.1) is 0 Å². The second-order valence-corrected chi connectivity index (χ2v) is 3.44. The van der Waals surface area contributed by atoms with Gasteiger partial charge in [0.1, 0.15) is 6.10 Å². The first-order valence-electron chi connectivity index (χ1n) is 4.83. The van der Waals surface area contributed by atoms with Crippen LogP contribution in [0.25, 0.3) is 10.8 Å². The Morgan fingerprint density at radius 2 is 1.94 bits per heavy atom. The summed E-state index contributed by atoms with van der Waals surface area (Å²) in [5.74, 6) is 0. The van der Waals surface area contributed by atoms with Crippen molar-refractivity contribution in [1.29, 1.82) is 5.26 Å². The average molecular weight is 214 g/mol. The monoisotopic (exact) mass is 214 g/mol. The first-order chi connectivity index (χ1) is 7.74. The van der Waals surface area contributed by atoms with Crippen LogP contribution >= 0.6 is 0 Å². The number of hydrogen-bond acceptors (Lipinski definition) is 4. The normalized spacial score (nSPS) is 14.3. The SMILES string of the molecule is N#CC(O)C(O)c1nccc2ccccc12. The van der Waals surface area contributed by atoms with E-state index in [0.29, 0.717) is 5.69 Å². The quantitative estimate of drug-likeness (QED) is 0.735. The second-order valence-electron chi connectivity index (χ2n) is 3.44. The number of benzene rings is 1. The van der Waals surface area contributed by atoms with E-state index in [2.05, 4.69) is 4.98 Å². The third-order valence-electron chi connectivity index (χ3n) is 2.42. The van der Waals surface area contributed by atoms with Crippen molar-refractivity contribution in [3.8, 4) is 6.07 Å². The Morgan fingerprint density at radius 3 is 2.69 bits per heavy atom. The Labute approximate surface area is 92.4 Å². The molecule has 0 bridgehead atoms. The molecule has 2 aromatic rings. The maximum absolute atomic E-state index is 9.75. The van der Waals surface area contributed by atoms with Gasteiger partial charge in [0.25, 0.3) is 0 Å². The summed E-state index contributed by atoms with van der Waals surface area (Å²) in [6, 6.07) is 10.8. The summed E-state index contributed by atoms with van der Waals surface area (Å²) in [5, 5.41) is 29.2. The number of aliphatic hydroxyl groups is 2. The van der Waals surface area contributed by atoms with Crippen LogP contribution in [0.15, 0.2) is 36.5 Å². The van der Waals surface area contributed by atoms with Crippen LogP contribution in [0.2, 0.25) is 0 Å². The van der Waals surface area contributed by atoms with E-state index in [1.54, 1.807) is 18.3 Å². The molecule has 0 spiro atoms. The van der Waals surface area contributed by atoms with Crippen LogP contribution in [0.4, 0.5) is 0 Å². The van der Waals surface area contributed by atoms with Gasteiger partial charge in [-0.25, -0.2) is 0 Å². The number of hydrogen-bond donors (Lipinski definition) is 2. The van der Waals surface area contributed by atoms with Gasteiger partial charge in [-0.1, -0.05) is 24.3 Å². The second kappa shape index (κ2) is 4.27. The smallest absolute Gasteiger partial charge is 0.171 e. The van der Waals surface area contributed by atoms with Crippen molar-refractivity contribution < 1.29 is 10.2 Å². The number of pyridine rings is 1. The van der Waals surface area contributed by atoms with Crippen molar-refractivity contribution in [3.05, 3.63) is 42.2 Å². The van der Waals surface area contributed by atoms with Gasteiger partial charge in [0.2, 0.25) is 0 Å². The number of fused-ring (bicyclic) bond motifs is 1. The zero-order chi connectivity index (χ0) is 11.5. The van der Waals surface area contributed by atoms with Crippen molar-refractivity contribution in [3.63, 3.8) is 0 Å². The first-order valence-corrected chi connectivity index (χ1v) is 4.83. The van der Waals surface area contributed by atoms with Gasteiger partial charge in [-0.05, 0) is 11.5 Å². The summed E-state index contributed by atoms with van der Waals surface area (Å²) < 4.78 is 0. The molecule has 80 valence electrons. The highest BCUT2D eigenvalue weighted by molar-refractivity contribution is 5.84. The molecule has 0 saturated carbocycles. The molecule has 2 N–H and O–H groups in total. The van der Waals surface area contributed by atoms with Crippen LogP contribution in [0.5, 0.6) is 0 Å². The van der Waals surface area contributed by atoms with E-state index in [-0.39, 0.29) is 0 Å². The molecule has 1 aromatic heterocycles. The van der Waals surface area contributed by atoms with Crippen LogP contribution < -0.4 is 0 Å². The maximum atomic E-state index is 9.75. The molecule has 2 atom stereocenters. The topological polar surface area (TPSA) is 77.1 Å². The van der Waals surface area contributed by atoms with E-state index < -0.39 is 12.2 Å². The fourth-order valence-electron chi connectivity index (χ4n) is 1.60. The first kappa shape index (κ1) is 10.6. The molecule has 2 rings (SSSR count). The number of aromatic nitrogens is 1. The molecule has 0 radical (unpaired) electrons. The standard InChI is InChI=1S/C12H10N2O2/c13-7-10(15)12(16)11-9-4-2-1-3-8(9)5-6-14-11/h1-6,10,12,15-16H. The third kappa shape index (κ3) is 1.74. The minimum Gasteiger partial charge on any atom is -0.383 e. The van der Waals surface area contributed by atoms with E-state index >= 15 is 0 Å². The predicted molar refractivity (Wildman–Crippen MR) is 58.3 cm³/mol. The van der Waals surface area contributed by atoms with Gasteiger partial charge in [0, 0.05) is 11.6 Å². The summed E-state index contributed by atoms with van der Waals surface area (Å²) in [6.45, 7) is 0. The summed E-state index contributed by atoms with van der Waals surface area (Å²) in [5.41, 5.74) is 0.326. The Hall–Kier alpha value is -1.96. The van der Waals surface area contributed by atoms with Gasteiger partial charge in [0.15, 0.2) is 6.10 Å². The lowest BCUT2D eigenvalue weighted by molar-refractivity contribution is 0.0509. The number of nitriles is 1. The van der Waals surface area contributed by atoms with Crippen LogP contribution in [0.3, 0.4) is 0 Å². The lowest BCUT2D eigenvalue weighted by atomic mass is 10.0. The van der Waals surface area contributed by atoms with E-state index in [1.165, 1.54) is 0 Å². The minimum absolute atomic E-state index is 0.326. The van der Waals surface area contributed by atoms with Crippen molar-refractivity contribution in [2.24, 2.45) is 0 Å². The van der Waals surface area contributed by atoms with Crippen LogP contribution in [0.1, 0.15) is 11.8 Å². The van der Waals surface area contributed by atoms with Crippen molar-refractivity contribution in [2.75, 3.05) is 0 Å². The Balaban J connectivity index is 2.57. The molecule has 0 fully saturated rings. The summed E-state index contributed by atoms with van der Waals surface area (Å²) in [6.07, 6.45) is -1.19. The fraction of sp³-hybridized carbons (Fsp3) is 0.167. The Morgan fingerprint density at radius 1 is 1.19 bits per heavy atom. The van der Waals surface area contributed by atoms with E-state index in [1.807, 2.05) is 24.3 Å². The zero-order valence-corrected chi connectivity index (χ0v) is 8.41. The Bertz CT molecular complexity index is 543. The van der Waals surface area contributed by atoms with Gasteiger partial charge >= 0.3 is 0 Å². The molecule has 4 nitrogen and oxygen atoms in total. The molecular weight excluding hydrogens is 204 g/mol. The average Bonchev–Trinajstić information content (AvgIpc) is 2.36. The van der Waals surface area contributed by atoms with E-state index in [4.69, 9.17) is 5.26 Å². The largest absolute Gasteiger partial charge is 0.383 e. The maximum Gasteiger partial charge on any atom is 0.171 e. The van der Waals surface area contributed by atoms with Gasteiger partial charge < -0.3 is 10.2 Å². The van der Waals surface area contributed by atoms with Crippen molar-refractivity contribution in [2.45, 2.75) is 12.2 Å². The van der Waals surface area contributed by atoms with Gasteiger partial charge in [-0.2, -0.15) is 5.26 Å². The summed E-state index contributed by atoms with van der Waals surface area (Å²) in [4.78, 5) is 4.01. The highest BCUT2D eigenvalue weighted by Gasteiger charge is 2.20. The minimum atomic E-state index is -1.46. The number of nitrogens with zero attached hydrogens (tertiary/aromatic N) is 2. The lowest BCUT2D eigenvalue weighted by Gasteiger charge is -2.13. The number of rotatable bonds is 2. The molecule has 0 amide bonds. The molecule has 16 heavy (non-hydrogen) atoms. The zero-order valence-electron chi connectivity index (χ0n) is 8.41. The molecule has 4 heteroatoms. The van der Waals surface area contributed by atoms with Crippen molar-refractivity contribution in [1.82, 2.24) is 4.98 Å². The van der Waals surface area contributed by atoms with E-state index in [9.17, 15) is 10.2 Å². The van der Waals surface area contributed by atoms with Gasteiger partial charge in [-0.3, -0.25) is 4.98 Å².